The molecule has 1 unspecified atom stereocenters. The standard InChI is InChI=1S/C12H16FN5O/c1-3-12(2)5-4-7(19-12)18-6-15-8-9(14)16-11(13)17-10(8)18/h6-7H,3-5H2,1-2H3,(H2,14,16,17)/t7?,12-/m1/s1. The number of aromatic nitrogens is 4. The summed E-state index contributed by atoms with van der Waals surface area (Å²) in [6.45, 7) is 4.17. The van der Waals surface area contributed by atoms with Crippen molar-refractivity contribution in [3.8, 4) is 0 Å². The van der Waals surface area contributed by atoms with Gasteiger partial charge in [0.05, 0.1) is 11.9 Å². The quantitative estimate of drug-likeness (QED) is 0.840. The van der Waals surface area contributed by atoms with Crippen molar-refractivity contribution in [1.82, 2.24) is 19.5 Å². The van der Waals surface area contributed by atoms with Gasteiger partial charge in [-0.15, -0.1) is 0 Å². The number of ether oxygens (including phenoxy) is 1. The van der Waals surface area contributed by atoms with Gasteiger partial charge in [0.25, 0.3) is 0 Å². The first-order valence-electron chi connectivity index (χ1n) is 6.36. The minimum absolute atomic E-state index is 0.0532. The molecule has 2 aromatic heterocycles. The van der Waals surface area contributed by atoms with Gasteiger partial charge < -0.3 is 10.5 Å². The van der Waals surface area contributed by atoms with Crippen molar-refractivity contribution in [3.63, 3.8) is 0 Å². The van der Waals surface area contributed by atoms with E-state index in [0.29, 0.717) is 11.2 Å². The first kappa shape index (κ1) is 12.3. The molecule has 0 spiro atoms. The van der Waals surface area contributed by atoms with Crippen LogP contribution in [0.5, 0.6) is 0 Å². The molecule has 1 saturated heterocycles. The average molecular weight is 265 g/mol. The summed E-state index contributed by atoms with van der Waals surface area (Å²) in [5.41, 5.74) is 6.30. The van der Waals surface area contributed by atoms with E-state index in [1.165, 1.54) is 0 Å². The second-order valence-electron chi connectivity index (χ2n) is 5.12. The predicted octanol–water partition coefficient (Wildman–Crippen LogP) is 2.03. The molecular formula is C12H16FN5O. The topological polar surface area (TPSA) is 78.9 Å². The third-order valence-electron chi connectivity index (χ3n) is 3.82. The summed E-state index contributed by atoms with van der Waals surface area (Å²) in [6.07, 6.45) is 3.30. The number of nitrogens with zero attached hydrogens (tertiary/aromatic N) is 4. The van der Waals surface area contributed by atoms with Crippen molar-refractivity contribution >= 4 is 17.0 Å². The molecule has 2 atom stereocenters. The van der Waals surface area contributed by atoms with E-state index in [1.54, 1.807) is 10.9 Å². The van der Waals surface area contributed by atoms with E-state index in [4.69, 9.17) is 10.5 Å². The molecule has 7 heteroatoms. The summed E-state index contributed by atoms with van der Waals surface area (Å²) in [5.74, 6) is 0.0532. The molecule has 6 nitrogen and oxygen atoms in total. The van der Waals surface area contributed by atoms with Crippen LogP contribution in [0.1, 0.15) is 39.3 Å². The second kappa shape index (κ2) is 4.12. The van der Waals surface area contributed by atoms with Gasteiger partial charge in [0.15, 0.2) is 17.0 Å². The molecule has 2 N–H and O–H groups in total. The van der Waals surface area contributed by atoms with E-state index in [-0.39, 0.29) is 17.6 Å². The number of nitrogens with two attached hydrogens (primary N) is 1. The third kappa shape index (κ3) is 1.94. The molecule has 0 aromatic carbocycles. The van der Waals surface area contributed by atoms with Gasteiger partial charge in [-0.25, -0.2) is 4.98 Å². The summed E-state index contributed by atoms with van der Waals surface area (Å²) >= 11 is 0. The van der Waals surface area contributed by atoms with Gasteiger partial charge >= 0.3 is 6.08 Å². The maximum atomic E-state index is 13.3. The van der Waals surface area contributed by atoms with Gasteiger partial charge in [0, 0.05) is 0 Å². The van der Waals surface area contributed by atoms with E-state index in [2.05, 4.69) is 28.8 Å². The molecule has 102 valence electrons. The van der Waals surface area contributed by atoms with Crippen LogP contribution in [-0.2, 0) is 4.74 Å². The maximum Gasteiger partial charge on any atom is 0.312 e. The zero-order valence-corrected chi connectivity index (χ0v) is 10.9. The molecule has 0 amide bonds. The van der Waals surface area contributed by atoms with Gasteiger partial charge in [0.1, 0.15) is 6.23 Å². The lowest BCUT2D eigenvalue weighted by atomic mass is 10.00. The van der Waals surface area contributed by atoms with Crippen LogP contribution < -0.4 is 5.73 Å². The van der Waals surface area contributed by atoms with Crippen LogP contribution in [0.15, 0.2) is 6.33 Å². The molecule has 0 radical (unpaired) electrons. The van der Waals surface area contributed by atoms with Gasteiger partial charge in [-0.1, -0.05) is 6.92 Å². The van der Waals surface area contributed by atoms with Gasteiger partial charge in [-0.2, -0.15) is 14.4 Å². The summed E-state index contributed by atoms with van der Waals surface area (Å²) in [7, 11) is 0. The highest BCUT2D eigenvalue weighted by molar-refractivity contribution is 5.81. The Morgan fingerprint density at radius 2 is 2.37 bits per heavy atom. The van der Waals surface area contributed by atoms with Crippen molar-refractivity contribution < 1.29 is 9.13 Å². The lowest BCUT2D eigenvalue weighted by Crippen LogP contribution is -2.23. The molecule has 0 saturated carbocycles. The van der Waals surface area contributed by atoms with E-state index >= 15 is 0 Å². The average Bonchev–Trinajstić information content (AvgIpc) is 2.94. The second-order valence-corrected chi connectivity index (χ2v) is 5.12. The number of halogens is 1. The molecule has 1 fully saturated rings. The Labute approximate surface area is 109 Å². The fourth-order valence-corrected chi connectivity index (χ4v) is 2.45. The smallest absolute Gasteiger partial charge is 0.312 e. The lowest BCUT2D eigenvalue weighted by Gasteiger charge is -2.23. The molecule has 1 aliphatic rings. The summed E-state index contributed by atoms with van der Waals surface area (Å²) in [6, 6.07) is 0. The van der Waals surface area contributed by atoms with Gasteiger partial charge in [-0.3, -0.25) is 4.57 Å². The van der Waals surface area contributed by atoms with Crippen LogP contribution >= 0.6 is 0 Å². The minimum atomic E-state index is -0.844. The largest absolute Gasteiger partial charge is 0.382 e. The van der Waals surface area contributed by atoms with Crippen LogP contribution in [0.25, 0.3) is 11.2 Å². The Bertz CT molecular complexity index is 628. The number of rotatable bonds is 2. The third-order valence-corrected chi connectivity index (χ3v) is 3.82. The van der Waals surface area contributed by atoms with E-state index in [9.17, 15) is 4.39 Å². The van der Waals surface area contributed by atoms with Crippen molar-refractivity contribution in [1.29, 1.82) is 0 Å². The Morgan fingerprint density at radius 3 is 3.05 bits per heavy atom. The van der Waals surface area contributed by atoms with Crippen molar-refractivity contribution in [2.24, 2.45) is 0 Å². The van der Waals surface area contributed by atoms with Crippen molar-refractivity contribution in [2.75, 3.05) is 5.73 Å². The van der Waals surface area contributed by atoms with Crippen LogP contribution in [0, 0.1) is 6.08 Å². The van der Waals surface area contributed by atoms with E-state index in [0.717, 1.165) is 19.3 Å². The first-order chi connectivity index (χ1) is 9.02. The number of hydrogen-bond acceptors (Lipinski definition) is 5. The van der Waals surface area contributed by atoms with Crippen LogP contribution in [0.4, 0.5) is 10.2 Å². The Kier molecular flexibility index (Phi) is 2.67. The number of imidazole rings is 1. The number of fused-ring (bicyclic) bond motifs is 1. The molecular weight excluding hydrogens is 249 g/mol. The van der Waals surface area contributed by atoms with Crippen LogP contribution in [0.2, 0.25) is 0 Å². The molecule has 2 aromatic rings. The van der Waals surface area contributed by atoms with Crippen molar-refractivity contribution in [2.45, 2.75) is 44.9 Å². The Balaban J connectivity index is 2.03. The molecule has 3 rings (SSSR count). The molecule has 19 heavy (non-hydrogen) atoms. The number of nitrogen functional groups attached to an aromatic ring is 1. The Morgan fingerprint density at radius 1 is 1.58 bits per heavy atom. The maximum absolute atomic E-state index is 13.3. The van der Waals surface area contributed by atoms with Crippen LogP contribution in [-0.4, -0.2) is 25.1 Å². The van der Waals surface area contributed by atoms with E-state index in [1.807, 2.05) is 0 Å². The predicted molar refractivity (Wildman–Crippen MR) is 67.7 cm³/mol. The normalized spacial score (nSPS) is 27.2. The summed E-state index contributed by atoms with van der Waals surface area (Å²) in [5, 5.41) is 0. The number of anilines is 1. The monoisotopic (exact) mass is 265 g/mol. The SMILES string of the molecule is CC[C@]1(C)CCC(n2cnc3c(N)nc(F)nc32)O1. The Hall–Kier alpha value is -1.76. The molecule has 0 aliphatic carbocycles. The fraction of sp³-hybridized carbons (Fsp3) is 0.583. The van der Waals surface area contributed by atoms with Gasteiger partial charge in [0.2, 0.25) is 0 Å². The highest BCUT2D eigenvalue weighted by atomic mass is 19.1. The minimum Gasteiger partial charge on any atom is -0.382 e. The zero-order chi connectivity index (χ0) is 13.6. The first-order valence-corrected chi connectivity index (χ1v) is 6.36. The van der Waals surface area contributed by atoms with Crippen LogP contribution in [0.3, 0.4) is 0 Å². The highest BCUT2D eigenvalue weighted by Gasteiger charge is 2.36. The number of hydrogen-bond donors (Lipinski definition) is 1. The highest BCUT2D eigenvalue weighted by Crippen LogP contribution is 2.39. The summed E-state index contributed by atoms with van der Waals surface area (Å²) < 4.78 is 21.0. The molecule has 1 aliphatic heterocycles. The summed E-state index contributed by atoms with van der Waals surface area (Å²) in [4.78, 5) is 11.4. The molecule has 3 heterocycles. The lowest BCUT2D eigenvalue weighted by molar-refractivity contribution is -0.0611. The van der Waals surface area contributed by atoms with Crippen molar-refractivity contribution in [3.05, 3.63) is 12.4 Å². The molecule has 0 bridgehead atoms. The van der Waals surface area contributed by atoms with E-state index < -0.39 is 6.08 Å². The zero-order valence-electron chi connectivity index (χ0n) is 10.9. The van der Waals surface area contributed by atoms with Gasteiger partial charge in [-0.05, 0) is 26.2 Å². The fourth-order valence-electron chi connectivity index (χ4n) is 2.45.